The van der Waals surface area contributed by atoms with E-state index >= 15 is 0 Å². The number of aliphatic hydroxyl groups is 1. The van der Waals surface area contributed by atoms with Crippen molar-refractivity contribution in [2.75, 3.05) is 13.1 Å². The summed E-state index contributed by atoms with van der Waals surface area (Å²) in [4.78, 5) is 13.7. The SMILES string of the molecule is CC(C)(C)OC(=O)N1CCC2(C1)C(N)CCC2O. The summed E-state index contributed by atoms with van der Waals surface area (Å²) in [5.74, 6) is 0. The van der Waals surface area contributed by atoms with Gasteiger partial charge >= 0.3 is 6.09 Å². The summed E-state index contributed by atoms with van der Waals surface area (Å²) in [5.41, 5.74) is 5.32. The molecule has 3 atom stereocenters. The smallest absolute Gasteiger partial charge is 0.410 e. The van der Waals surface area contributed by atoms with Crippen molar-refractivity contribution in [2.45, 2.75) is 57.8 Å². The molecule has 2 fully saturated rings. The lowest BCUT2D eigenvalue weighted by atomic mass is 9.80. The predicted octanol–water partition coefficient (Wildman–Crippen LogP) is 1.10. The van der Waals surface area contributed by atoms with E-state index in [2.05, 4.69) is 0 Å². The average molecular weight is 256 g/mol. The van der Waals surface area contributed by atoms with Crippen LogP contribution in [0.4, 0.5) is 4.79 Å². The van der Waals surface area contributed by atoms with E-state index in [0.29, 0.717) is 13.1 Å². The van der Waals surface area contributed by atoms with Gasteiger partial charge in [0.1, 0.15) is 5.60 Å². The minimum atomic E-state index is -0.483. The minimum Gasteiger partial charge on any atom is -0.444 e. The summed E-state index contributed by atoms with van der Waals surface area (Å²) >= 11 is 0. The van der Waals surface area contributed by atoms with Gasteiger partial charge in [0.05, 0.1) is 6.10 Å². The Balaban J connectivity index is 2.02. The molecule has 18 heavy (non-hydrogen) atoms. The zero-order valence-electron chi connectivity index (χ0n) is 11.5. The van der Waals surface area contributed by atoms with Crippen molar-refractivity contribution in [2.24, 2.45) is 11.1 Å². The summed E-state index contributed by atoms with van der Waals surface area (Å²) in [6, 6.07) is -0.0139. The van der Waals surface area contributed by atoms with Gasteiger partial charge in [0.25, 0.3) is 0 Å². The molecule has 3 N–H and O–H groups in total. The molecule has 1 heterocycles. The third-order valence-corrected chi connectivity index (χ3v) is 4.14. The van der Waals surface area contributed by atoms with Crippen LogP contribution < -0.4 is 5.73 Å². The monoisotopic (exact) mass is 256 g/mol. The van der Waals surface area contributed by atoms with Crippen LogP contribution in [-0.4, -0.2) is 46.9 Å². The molecular formula is C13H24N2O3. The number of nitrogens with two attached hydrogens (primary N) is 1. The second-order valence-electron chi connectivity index (χ2n) is 6.58. The fraction of sp³-hybridized carbons (Fsp3) is 0.923. The van der Waals surface area contributed by atoms with E-state index in [4.69, 9.17) is 10.5 Å². The molecule has 1 saturated carbocycles. The maximum absolute atomic E-state index is 12.0. The van der Waals surface area contributed by atoms with Crippen LogP contribution in [0.2, 0.25) is 0 Å². The Morgan fingerprint density at radius 1 is 1.44 bits per heavy atom. The third kappa shape index (κ3) is 2.34. The van der Waals surface area contributed by atoms with Crippen LogP contribution in [-0.2, 0) is 4.74 Å². The van der Waals surface area contributed by atoms with Crippen LogP contribution in [0.1, 0.15) is 40.0 Å². The number of hydrogen-bond donors (Lipinski definition) is 2. The molecule has 2 rings (SSSR count). The van der Waals surface area contributed by atoms with Gasteiger partial charge < -0.3 is 20.5 Å². The predicted molar refractivity (Wildman–Crippen MR) is 68.1 cm³/mol. The number of carbonyl (C=O) groups excluding carboxylic acids is 1. The maximum atomic E-state index is 12.0. The van der Waals surface area contributed by atoms with Crippen LogP contribution in [0.3, 0.4) is 0 Å². The fourth-order valence-corrected chi connectivity index (χ4v) is 3.07. The van der Waals surface area contributed by atoms with Gasteiger partial charge in [0, 0.05) is 24.5 Å². The summed E-state index contributed by atoms with van der Waals surface area (Å²) in [6.07, 6.45) is 1.66. The maximum Gasteiger partial charge on any atom is 0.410 e. The Hall–Kier alpha value is -0.810. The van der Waals surface area contributed by atoms with Crippen molar-refractivity contribution >= 4 is 6.09 Å². The molecule has 1 saturated heterocycles. The van der Waals surface area contributed by atoms with E-state index in [9.17, 15) is 9.90 Å². The average Bonchev–Trinajstić information content (AvgIpc) is 2.78. The molecular weight excluding hydrogens is 232 g/mol. The first kappa shape index (κ1) is 13.6. The van der Waals surface area contributed by atoms with E-state index in [1.807, 2.05) is 20.8 Å². The molecule has 1 spiro atoms. The minimum absolute atomic E-state index is 0.0139. The Morgan fingerprint density at radius 2 is 2.11 bits per heavy atom. The molecule has 0 bridgehead atoms. The summed E-state index contributed by atoms with van der Waals surface area (Å²) in [6.45, 7) is 6.70. The summed E-state index contributed by atoms with van der Waals surface area (Å²) in [7, 11) is 0. The number of ether oxygens (including phenoxy) is 1. The highest BCUT2D eigenvalue weighted by Crippen LogP contribution is 2.45. The molecule has 1 aliphatic heterocycles. The van der Waals surface area contributed by atoms with Crippen molar-refractivity contribution in [3.8, 4) is 0 Å². The van der Waals surface area contributed by atoms with E-state index in [1.54, 1.807) is 4.90 Å². The standard InChI is InChI=1S/C13H24N2O3/c1-12(2,3)18-11(17)15-7-6-13(8-15)9(14)4-5-10(13)16/h9-10,16H,4-8,14H2,1-3H3. The lowest BCUT2D eigenvalue weighted by molar-refractivity contribution is 0.0184. The zero-order chi connectivity index (χ0) is 13.6. The Bertz CT molecular complexity index is 328. The topological polar surface area (TPSA) is 75.8 Å². The zero-order valence-corrected chi connectivity index (χ0v) is 11.5. The van der Waals surface area contributed by atoms with Crippen molar-refractivity contribution in [1.29, 1.82) is 0 Å². The largest absolute Gasteiger partial charge is 0.444 e. The van der Waals surface area contributed by atoms with Crippen LogP contribution >= 0.6 is 0 Å². The van der Waals surface area contributed by atoms with Gasteiger partial charge in [-0.1, -0.05) is 0 Å². The Morgan fingerprint density at radius 3 is 2.61 bits per heavy atom. The van der Waals surface area contributed by atoms with E-state index in [1.165, 1.54) is 0 Å². The van der Waals surface area contributed by atoms with Crippen LogP contribution in [0.25, 0.3) is 0 Å². The summed E-state index contributed by atoms with van der Waals surface area (Å²) in [5, 5.41) is 10.1. The highest BCUT2D eigenvalue weighted by atomic mass is 16.6. The molecule has 1 aliphatic carbocycles. The van der Waals surface area contributed by atoms with Crippen LogP contribution in [0.5, 0.6) is 0 Å². The molecule has 5 nitrogen and oxygen atoms in total. The van der Waals surface area contributed by atoms with Crippen molar-refractivity contribution < 1.29 is 14.6 Å². The quantitative estimate of drug-likeness (QED) is 0.680. The Kier molecular flexibility index (Phi) is 3.32. The van der Waals surface area contributed by atoms with Gasteiger partial charge in [-0.3, -0.25) is 0 Å². The molecule has 0 aromatic heterocycles. The highest BCUT2D eigenvalue weighted by molar-refractivity contribution is 5.68. The third-order valence-electron chi connectivity index (χ3n) is 4.14. The second kappa shape index (κ2) is 4.38. The van der Waals surface area contributed by atoms with Gasteiger partial charge in [0.2, 0.25) is 0 Å². The number of likely N-dealkylation sites (tertiary alicyclic amines) is 1. The van der Waals surface area contributed by atoms with Gasteiger partial charge in [-0.15, -0.1) is 0 Å². The number of amides is 1. The van der Waals surface area contributed by atoms with Gasteiger partial charge in [-0.05, 0) is 40.0 Å². The van der Waals surface area contributed by atoms with Crippen molar-refractivity contribution in [1.82, 2.24) is 4.90 Å². The highest BCUT2D eigenvalue weighted by Gasteiger charge is 2.53. The van der Waals surface area contributed by atoms with Crippen LogP contribution in [0, 0.1) is 5.41 Å². The molecule has 0 radical (unpaired) electrons. The number of aliphatic hydroxyl groups excluding tert-OH is 1. The first-order chi connectivity index (χ1) is 8.24. The molecule has 104 valence electrons. The lowest BCUT2D eigenvalue weighted by Gasteiger charge is -2.32. The fourth-order valence-electron chi connectivity index (χ4n) is 3.07. The summed E-state index contributed by atoms with van der Waals surface area (Å²) < 4.78 is 5.36. The lowest BCUT2D eigenvalue weighted by Crippen LogP contribution is -2.46. The molecule has 2 aliphatic rings. The van der Waals surface area contributed by atoms with E-state index in [0.717, 1.165) is 19.3 Å². The van der Waals surface area contributed by atoms with Crippen LogP contribution in [0.15, 0.2) is 0 Å². The van der Waals surface area contributed by atoms with Gasteiger partial charge in [0.15, 0.2) is 0 Å². The molecule has 0 aromatic rings. The van der Waals surface area contributed by atoms with Gasteiger partial charge in [-0.2, -0.15) is 0 Å². The molecule has 3 unspecified atom stereocenters. The number of nitrogens with zero attached hydrogens (tertiary/aromatic N) is 1. The molecule has 0 aromatic carbocycles. The number of carbonyl (C=O) groups is 1. The number of hydrogen-bond acceptors (Lipinski definition) is 4. The van der Waals surface area contributed by atoms with E-state index in [-0.39, 0.29) is 23.7 Å². The van der Waals surface area contributed by atoms with E-state index < -0.39 is 5.60 Å². The molecule has 5 heteroatoms. The second-order valence-corrected chi connectivity index (χ2v) is 6.58. The normalized spacial score (nSPS) is 36.4. The van der Waals surface area contributed by atoms with Gasteiger partial charge in [-0.25, -0.2) is 4.79 Å². The first-order valence-electron chi connectivity index (χ1n) is 6.66. The first-order valence-corrected chi connectivity index (χ1v) is 6.66. The Labute approximate surface area is 108 Å². The number of rotatable bonds is 0. The molecule has 1 amide bonds. The van der Waals surface area contributed by atoms with Crippen molar-refractivity contribution in [3.63, 3.8) is 0 Å². The van der Waals surface area contributed by atoms with Crippen molar-refractivity contribution in [3.05, 3.63) is 0 Å².